The smallest absolute Gasteiger partial charge is 0.255 e. The van der Waals surface area contributed by atoms with Crippen molar-refractivity contribution in [2.75, 3.05) is 46.6 Å². The lowest BCUT2D eigenvalue weighted by Gasteiger charge is -2.12. The number of anilines is 1. The largest absolute Gasteiger partial charge is 0.493 e. The van der Waals surface area contributed by atoms with Crippen LogP contribution in [0.5, 0.6) is 11.5 Å². The summed E-state index contributed by atoms with van der Waals surface area (Å²) < 4.78 is 10.2. The fourth-order valence-corrected chi connectivity index (χ4v) is 2.39. The Bertz CT molecular complexity index is 486. The van der Waals surface area contributed by atoms with E-state index in [1.165, 1.54) is 53.7 Å². The molecule has 1 amide bonds. The number of nitrogens with two attached hydrogens (primary N) is 1. The molecule has 1 aromatic rings. The molecule has 0 atom stereocenters. The van der Waals surface area contributed by atoms with Crippen LogP contribution >= 0.6 is 0 Å². The van der Waals surface area contributed by atoms with E-state index >= 15 is 0 Å². The van der Waals surface area contributed by atoms with Crippen molar-refractivity contribution >= 4 is 11.6 Å². The van der Waals surface area contributed by atoms with Crippen molar-refractivity contribution in [2.45, 2.75) is 19.8 Å². The van der Waals surface area contributed by atoms with Gasteiger partial charge in [-0.1, -0.05) is 6.92 Å². The summed E-state index contributed by atoms with van der Waals surface area (Å²) >= 11 is 0. The van der Waals surface area contributed by atoms with E-state index < -0.39 is 0 Å². The summed E-state index contributed by atoms with van der Waals surface area (Å²) in [6, 6.07) is 3.14. The SMILES string of the molecule is CCN1CCCC1.CNC(=O)c1cc(N)cc(OC)c1OC. The molecule has 3 N–H and O–H groups in total. The molecular weight excluding hydrogens is 282 g/mol. The van der Waals surface area contributed by atoms with E-state index in [0.717, 1.165) is 0 Å². The fourth-order valence-electron chi connectivity index (χ4n) is 2.39. The van der Waals surface area contributed by atoms with Crippen LogP contribution in [0.4, 0.5) is 5.69 Å². The first-order chi connectivity index (χ1) is 10.6. The predicted molar refractivity (Wildman–Crippen MR) is 88.7 cm³/mol. The molecule has 0 unspecified atom stereocenters. The first kappa shape index (κ1) is 18.1. The molecule has 1 aliphatic heterocycles. The van der Waals surface area contributed by atoms with Gasteiger partial charge in [-0.3, -0.25) is 4.79 Å². The normalized spacial score (nSPS) is 14.0. The summed E-state index contributed by atoms with van der Waals surface area (Å²) in [5.41, 5.74) is 6.44. The molecule has 1 heterocycles. The average Bonchev–Trinajstić information content (AvgIpc) is 3.07. The van der Waals surface area contributed by atoms with Gasteiger partial charge in [0, 0.05) is 18.8 Å². The minimum Gasteiger partial charge on any atom is -0.493 e. The van der Waals surface area contributed by atoms with Crippen molar-refractivity contribution in [2.24, 2.45) is 0 Å². The third kappa shape index (κ3) is 4.80. The Balaban J connectivity index is 0.000000287. The number of benzene rings is 1. The van der Waals surface area contributed by atoms with Crippen molar-refractivity contribution in [1.82, 2.24) is 10.2 Å². The van der Waals surface area contributed by atoms with Crippen LogP contribution in [0.25, 0.3) is 0 Å². The summed E-state index contributed by atoms with van der Waals surface area (Å²) in [4.78, 5) is 14.0. The lowest BCUT2D eigenvalue weighted by atomic mass is 10.1. The van der Waals surface area contributed by atoms with Gasteiger partial charge in [-0.25, -0.2) is 0 Å². The molecule has 124 valence electrons. The van der Waals surface area contributed by atoms with Crippen LogP contribution in [0.2, 0.25) is 0 Å². The highest BCUT2D eigenvalue weighted by Gasteiger charge is 2.16. The second kappa shape index (κ2) is 9.15. The first-order valence-corrected chi connectivity index (χ1v) is 7.53. The molecule has 0 radical (unpaired) electrons. The molecule has 1 fully saturated rings. The minimum absolute atomic E-state index is 0.266. The number of likely N-dealkylation sites (tertiary alicyclic amines) is 1. The number of nitrogen functional groups attached to an aromatic ring is 1. The van der Waals surface area contributed by atoms with Crippen molar-refractivity contribution < 1.29 is 14.3 Å². The highest BCUT2D eigenvalue weighted by atomic mass is 16.5. The summed E-state index contributed by atoms with van der Waals surface area (Å²) in [5, 5.41) is 2.50. The van der Waals surface area contributed by atoms with Gasteiger partial charge in [0.2, 0.25) is 0 Å². The van der Waals surface area contributed by atoms with Gasteiger partial charge < -0.3 is 25.4 Å². The quantitative estimate of drug-likeness (QED) is 0.829. The molecule has 1 aliphatic rings. The Kier molecular flexibility index (Phi) is 7.52. The van der Waals surface area contributed by atoms with Gasteiger partial charge in [0.25, 0.3) is 5.91 Å². The Morgan fingerprint density at radius 2 is 1.91 bits per heavy atom. The molecule has 2 rings (SSSR count). The molecule has 0 bridgehead atoms. The molecular formula is C16H27N3O3. The number of carbonyl (C=O) groups is 1. The minimum atomic E-state index is -0.266. The number of hydrogen-bond donors (Lipinski definition) is 2. The summed E-state index contributed by atoms with van der Waals surface area (Å²) in [5.74, 6) is 0.555. The number of methoxy groups -OCH3 is 2. The Labute approximate surface area is 132 Å². The number of hydrogen-bond acceptors (Lipinski definition) is 5. The second-order valence-electron chi connectivity index (χ2n) is 5.02. The molecule has 22 heavy (non-hydrogen) atoms. The van der Waals surface area contributed by atoms with Crippen LogP contribution in [0.3, 0.4) is 0 Å². The zero-order valence-corrected chi connectivity index (χ0v) is 13.9. The van der Waals surface area contributed by atoms with Crippen LogP contribution in [-0.4, -0.2) is 51.7 Å². The van der Waals surface area contributed by atoms with Gasteiger partial charge in [-0.15, -0.1) is 0 Å². The number of rotatable bonds is 4. The van der Waals surface area contributed by atoms with Crippen LogP contribution in [0.15, 0.2) is 12.1 Å². The van der Waals surface area contributed by atoms with E-state index in [-0.39, 0.29) is 5.91 Å². The molecule has 1 saturated heterocycles. The van der Waals surface area contributed by atoms with Crippen LogP contribution in [-0.2, 0) is 0 Å². The number of carbonyl (C=O) groups excluding carboxylic acids is 1. The third-order valence-corrected chi connectivity index (χ3v) is 3.62. The van der Waals surface area contributed by atoms with E-state index in [9.17, 15) is 4.79 Å². The van der Waals surface area contributed by atoms with Crippen molar-refractivity contribution in [3.05, 3.63) is 17.7 Å². The van der Waals surface area contributed by atoms with Gasteiger partial charge in [0.05, 0.1) is 19.8 Å². The molecule has 1 aromatic carbocycles. The first-order valence-electron chi connectivity index (χ1n) is 7.53. The van der Waals surface area contributed by atoms with Gasteiger partial charge in [-0.2, -0.15) is 0 Å². The standard InChI is InChI=1S/C10H14N2O3.C6H13N/c1-12-10(13)7-4-6(11)5-8(14-2)9(7)15-3;1-2-7-5-3-4-6-7/h4-5H,11H2,1-3H3,(H,12,13);2-6H2,1H3. The fraction of sp³-hybridized carbons (Fsp3) is 0.562. The zero-order valence-electron chi connectivity index (χ0n) is 13.9. The molecule has 0 aliphatic carbocycles. The van der Waals surface area contributed by atoms with Crippen LogP contribution in [0.1, 0.15) is 30.1 Å². The van der Waals surface area contributed by atoms with Gasteiger partial charge in [-0.05, 0) is 38.5 Å². The maximum Gasteiger partial charge on any atom is 0.255 e. The van der Waals surface area contributed by atoms with Gasteiger partial charge >= 0.3 is 0 Å². The Hall–Kier alpha value is -1.95. The highest BCUT2D eigenvalue weighted by molar-refractivity contribution is 5.98. The van der Waals surface area contributed by atoms with E-state index in [0.29, 0.717) is 22.7 Å². The zero-order chi connectivity index (χ0) is 16.5. The lowest BCUT2D eigenvalue weighted by Crippen LogP contribution is -2.19. The monoisotopic (exact) mass is 309 g/mol. The Morgan fingerprint density at radius 1 is 1.27 bits per heavy atom. The van der Waals surface area contributed by atoms with Crippen LogP contribution in [0, 0.1) is 0 Å². The molecule has 0 aromatic heterocycles. The second-order valence-corrected chi connectivity index (χ2v) is 5.02. The van der Waals surface area contributed by atoms with Crippen molar-refractivity contribution in [1.29, 1.82) is 0 Å². The van der Waals surface area contributed by atoms with Crippen molar-refractivity contribution in [3.8, 4) is 11.5 Å². The average molecular weight is 309 g/mol. The van der Waals surface area contributed by atoms with Gasteiger partial charge in [0.1, 0.15) is 0 Å². The maximum absolute atomic E-state index is 11.5. The van der Waals surface area contributed by atoms with Crippen molar-refractivity contribution in [3.63, 3.8) is 0 Å². The number of nitrogens with one attached hydrogen (secondary N) is 1. The molecule has 6 nitrogen and oxygen atoms in total. The molecule has 6 heteroatoms. The highest BCUT2D eigenvalue weighted by Crippen LogP contribution is 2.33. The van der Waals surface area contributed by atoms with E-state index in [1.807, 2.05) is 0 Å². The molecule has 0 spiro atoms. The van der Waals surface area contributed by atoms with E-state index in [4.69, 9.17) is 15.2 Å². The topological polar surface area (TPSA) is 76.8 Å². The Morgan fingerprint density at radius 3 is 2.32 bits per heavy atom. The van der Waals surface area contributed by atoms with Crippen LogP contribution < -0.4 is 20.5 Å². The number of amides is 1. The third-order valence-electron chi connectivity index (χ3n) is 3.62. The lowest BCUT2D eigenvalue weighted by molar-refractivity contribution is 0.0959. The summed E-state index contributed by atoms with van der Waals surface area (Å²) in [6.07, 6.45) is 2.85. The van der Waals surface area contributed by atoms with E-state index in [2.05, 4.69) is 17.1 Å². The number of nitrogens with zero attached hydrogens (tertiary/aromatic N) is 1. The predicted octanol–water partition coefficient (Wildman–Crippen LogP) is 1.75. The van der Waals surface area contributed by atoms with Gasteiger partial charge in [0.15, 0.2) is 11.5 Å². The summed E-state index contributed by atoms with van der Waals surface area (Å²) in [6.45, 7) is 6.16. The maximum atomic E-state index is 11.5. The number of ether oxygens (including phenoxy) is 2. The summed E-state index contributed by atoms with van der Waals surface area (Å²) in [7, 11) is 4.50. The van der Waals surface area contributed by atoms with E-state index in [1.54, 1.807) is 12.1 Å². The molecule has 0 saturated carbocycles.